The third kappa shape index (κ3) is 4.20. The third-order valence-corrected chi connectivity index (χ3v) is 5.84. The first-order chi connectivity index (χ1) is 10.0. The summed E-state index contributed by atoms with van der Waals surface area (Å²) in [6.07, 6.45) is 6.88. The van der Waals surface area contributed by atoms with E-state index in [1.807, 2.05) is 0 Å². The van der Waals surface area contributed by atoms with Crippen LogP contribution >= 0.6 is 0 Å². The molecule has 3 nitrogen and oxygen atoms in total. The van der Waals surface area contributed by atoms with E-state index in [4.69, 9.17) is 4.74 Å². The molecule has 0 amide bonds. The highest BCUT2D eigenvalue weighted by Gasteiger charge is 2.39. The van der Waals surface area contributed by atoms with Crippen molar-refractivity contribution >= 4 is 0 Å². The fraction of sp³-hybridized carbons (Fsp3) is 1.00. The van der Waals surface area contributed by atoms with Gasteiger partial charge in [-0.05, 0) is 64.5 Å². The molecular weight excluding hydrogens is 260 g/mol. The van der Waals surface area contributed by atoms with Crippen LogP contribution in [0.3, 0.4) is 0 Å². The van der Waals surface area contributed by atoms with Crippen LogP contribution in [0.5, 0.6) is 0 Å². The Morgan fingerprint density at radius 3 is 2.52 bits per heavy atom. The fourth-order valence-corrected chi connectivity index (χ4v) is 4.30. The van der Waals surface area contributed by atoms with E-state index in [2.05, 4.69) is 45.0 Å². The van der Waals surface area contributed by atoms with E-state index < -0.39 is 0 Å². The number of nitrogens with zero attached hydrogens (tertiary/aromatic N) is 1. The molecule has 2 fully saturated rings. The van der Waals surface area contributed by atoms with Gasteiger partial charge in [0, 0.05) is 24.7 Å². The SMILES string of the molecule is CCCNC1CCC(C(C)C)CC1N(C)C1CCOC1C. The Morgan fingerprint density at radius 2 is 1.95 bits per heavy atom. The van der Waals surface area contributed by atoms with Crippen LogP contribution in [0.25, 0.3) is 0 Å². The van der Waals surface area contributed by atoms with E-state index in [-0.39, 0.29) is 0 Å². The Bertz CT molecular complexity index is 308. The summed E-state index contributed by atoms with van der Waals surface area (Å²) in [7, 11) is 2.34. The zero-order chi connectivity index (χ0) is 15.4. The summed E-state index contributed by atoms with van der Waals surface area (Å²) in [6, 6.07) is 1.94. The van der Waals surface area contributed by atoms with Crippen molar-refractivity contribution in [3.63, 3.8) is 0 Å². The summed E-state index contributed by atoms with van der Waals surface area (Å²) in [6.45, 7) is 11.4. The van der Waals surface area contributed by atoms with Crippen molar-refractivity contribution in [1.29, 1.82) is 0 Å². The number of likely N-dealkylation sites (N-methyl/N-ethyl adjacent to an activating group) is 1. The minimum Gasteiger partial charge on any atom is -0.377 e. The average molecular weight is 296 g/mol. The summed E-state index contributed by atoms with van der Waals surface area (Å²) in [5, 5.41) is 3.82. The molecule has 5 unspecified atom stereocenters. The largest absolute Gasteiger partial charge is 0.377 e. The quantitative estimate of drug-likeness (QED) is 0.814. The molecular formula is C18H36N2O. The molecule has 1 aliphatic carbocycles. The predicted octanol–water partition coefficient (Wildman–Crippen LogP) is 3.29. The second-order valence-corrected chi connectivity index (χ2v) is 7.54. The topological polar surface area (TPSA) is 24.5 Å². The second kappa shape index (κ2) is 7.94. The van der Waals surface area contributed by atoms with Crippen molar-refractivity contribution in [2.24, 2.45) is 11.8 Å². The van der Waals surface area contributed by atoms with Crippen LogP contribution in [-0.4, -0.2) is 49.3 Å². The van der Waals surface area contributed by atoms with Crippen molar-refractivity contribution in [1.82, 2.24) is 10.2 Å². The van der Waals surface area contributed by atoms with Crippen molar-refractivity contribution in [3.8, 4) is 0 Å². The normalized spacial score (nSPS) is 37.6. The lowest BCUT2D eigenvalue weighted by Crippen LogP contribution is -2.56. The molecule has 21 heavy (non-hydrogen) atoms. The molecule has 2 rings (SSSR count). The Balaban J connectivity index is 2.04. The van der Waals surface area contributed by atoms with E-state index in [1.54, 1.807) is 0 Å². The van der Waals surface area contributed by atoms with Crippen molar-refractivity contribution in [3.05, 3.63) is 0 Å². The van der Waals surface area contributed by atoms with E-state index in [0.29, 0.717) is 24.2 Å². The number of rotatable bonds is 6. The number of hydrogen-bond acceptors (Lipinski definition) is 3. The highest BCUT2D eigenvalue weighted by Crippen LogP contribution is 2.34. The minimum atomic E-state index is 0.390. The van der Waals surface area contributed by atoms with E-state index >= 15 is 0 Å². The van der Waals surface area contributed by atoms with E-state index in [1.165, 1.54) is 32.1 Å². The molecule has 124 valence electrons. The smallest absolute Gasteiger partial charge is 0.0703 e. The lowest BCUT2D eigenvalue weighted by atomic mass is 9.76. The van der Waals surface area contributed by atoms with Gasteiger partial charge in [-0.1, -0.05) is 20.8 Å². The Morgan fingerprint density at radius 1 is 1.19 bits per heavy atom. The van der Waals surface area contributed by atoms with Crippen LogP contribution < -0.4 is 5.32 Å². The zero-order valence-corrected chi connectivity index (χ0v) is 14.8. The molecule has 0 spiro atoms. The molecule has 3 heteroatoms. The van der Waals surface area contributed by atoms with Crippen LogP contribution in [0.4, 0.5) is 0 Å². The van der Waals surface area contributed by atoms with Crippen LogP contribution in [0.15, 0.2) is 0 Å². The minimum absolute atomic E-state index is 0.390. The molecule has 0 bridgehead atoms. The van der Waals surface area contributed by atoms with Gasteiger partial charge in [0.15, 0.2) is 0 Å². The molecule has 1 N–H and O–H groups in total. The maximum atomic E-state index is 5.81. The number of nitrogens with one attached hydrogen (secondary N) is 1. The molecule has 1 saturated heterocycles. The highest BCUT2D eigenvalue weighted by molar-refractivity contribution is 4.95. The fourth-order valence-electron chi connectivity index (χ4n) is 4.30. The summed E-state index contributed by atoms with van der Waals surface area (Å²) in [5.41, 5.74) is 0. The molecule has 0 aromatic heterocycles. The van der Waals surface area contributed by atoms with Gasteiger partial charge in [-0.2, -0.15) is 0 Å². The Kier molecular flexibility index (Phi) is 6.51. The van der Waals surface area contributed by atoms with Gasteiger partial charge < -0.3 is 10.1 Å². The van der Waals surface area contributed by atoms with Crippen LogP contribution in [0.2, 0.25) is 0 Å². The first kappa shape index (κ1) is 17.2. The monoisotopic (exact) mass is 296 g/mol. The van der Waals surface area contributed by atoms with Gasteiger partial charge in [-0.15, -0.1) is 0 Å². The summed E-state index contributed by atoms with van der Waals surface area (Å²) < 4.78 is 5.81. The molecule has 0 aromatic carbocycles. The van der Waals surface area contributed by atoms with Gasteiger partial charge in [0.25, 0.3) is 0 Å². The Labute approximate surface area is 131 Å². The standard InChI is InChI=1S/C18H36N2O/c1-6-10-19-16-8-7-15(13(2)3)12-18(16)20(5)17-9-11-21-14(17)4/h13-19H,6-12H2,1-5H3. The van der Waals surface area contributed by atoms with Crippen LogP contribution in [0, 0.1) is 11.8 Å². The highest BCUT2D eigenvalue weighted by atomic mass is 16.5. The molecule has 5 atom stereocenters. The number of ether oxygens (including phenoxy) is 1. The van der Waals surface area contributed by atoms with Gasteiger partial charge >= 0.3 is 0 Å². The van der Waals surface area contributed by atoms with Crippen molar-refractivity contribution < 1.29 is 4.74 Å². The van der Waals surface area contributed by atoms with Crippen LogP contribution in [-0.2, 0) is 4.74 Å². The van der Waals surface area contributed by atoms with Crippen molar-refractivity contribution in [2.45, 2.75) is 84.0 Å². The molecule has 1 heterocycles. The predicted molar refractivity (Wildman–Crippen MR) is 89.6 cm³/mol. The maximum absolute atomic E-state index is 5.81. The zero-order valence-electron chi connectivity index (χ0n) is 14.8. The van der Waals surface area contributed by atoms with E-state index in [9.17, 15) is 0 Å². The molecule has 1 aliphatic heterocycles. The van der Waals surface area contributed by atoms with Gasteiger partial charge in [-0.3, -0.25) is 4.90 Å². The first-order valence-electron chi connectivity index (χ1n) is 9.11. The average Bonchev–Trinajstić information content (AvgIpc) is 2.90. The van der Waals surface area contributed by atoms with Crippen molar-refractivity contribution in [2.75, 3.05) is 20.2 Å². The lowest BCUT2D eigenvalue weighted by molar-refractivity contribution is 0.0330. The number of hydrogen-bond donors (Lipinski definition) is 1. The van der Waals surface area contributed by atoms with E-state index in [0.717, 1.165) is 25.0 Å². The molecule has 0 radical (unpaired) electrons. The third-order valence-electron chi connectivity index (χ3n) is 5.84. The Hall–Kier alpha value is -0.120. The summed E-state index contributed by atoms with van der Waals surface area (Å²) in [5.74, 6) is 1.69. The summed E-state index contributed by atoms with van der Waals surface area (Å²) in [4.78, 5) is 2.65. The molecule has 1 saturated carbocycles. The summed E-state index contributed by atoms with van der Waals surface area (Å²) >= 11 is 0. The second-order valence-electron chi connectivity index (χ2n) is 7.54. The first-order valence-corrected chi connectivity index (χ1v) is 9.11. The van der Waals surface area contributed by atoms with Gasteiger partial charge in [0.05, 0.1) is 6.10 Å². The van der Waals surface area contributed by atoms with Crippen LogP contribution in [0.1, 0.15) is 59.8 Å². The maximum Gasteiger partial charge on any atom is 0.0703 e. The van der Waals surface area contributed by atoms with Gasteiger partial charge in [0.1, 0.15) is 0 Å². The lowest BCUT2D eigenvalue weighted by Gasteiger charge is -2.45. The molecule has 0 aromatic rings. The molecule has 2 aliphatic rings. The van der Waals surface area contributed by atoms with Gasteiger partial charge in [0.2, 0.25) is 0 Å². The van der Waals surface area contributed by atoms with Gasteiger partial charge in [-0.25, -0.2) is 0 Å².